The Bertz CT molecular complexity index is 241. The molecule has 1 rings (SSSR count). The summed E-state index contributed by atoms with van der Waals surface area (Å²) in [6.45, 7) is 9.17. The molecule has 0 aromatic heterocycles. The second kappa shape index (κ2) is 5.64. The predicted octanol–water partition coefficient (Wildman–Crippen LogP) is 0.869. The molecule has 1 fully saturated rings. The topological polar surface area (TPSA) is 41.6 Å². The summed E-state index contributed by atoms with van der Waals surface area (Å²) >= 11 is 0. The molecule has 1 heterocycles. The molecule has 0 spiro atoms. The van der Waals surface area contributed by atoms with Gasteiger partial charge in [-0.2, -0.15) is 0 Å². The van der Waals surface area contributed by atoms with Crippen molar-refractivity contribution in [3.8, 4) is 0 Å². The number of morpholine rings is 1. The molecule has 0 saturated carbocycles. The number of ether oxygens (including phenoxy) is 1. The minimum Gasteiger partial charge on any atom is -0.375 e. The van der Waals surface area contributed by atoms with E-state index in [0.717, 1.165) is 26.1 Å². The molecule has 1 aliphatic rings. The van der Waals surface area contributed by atoms with E-state index in [4.69, 9.17) is 4.74 Å². The number of nitrogens with zero attached hydrogens (tertiary/aromatic N) is 1. The number of hydrogen-bond acceptors (Lipinski definition) is 3. The molecule has 1 saturated heterocycles. The van der Waals surface area contributed by atoms with Crippen LogP contribution in [0.2, 0.25) is 0 Å². The van der Waals surface area contributed by atoms with Gasteiger partial charge in [-0.25, -0.2) is 0 Å². The van der Waals surface area contributed by atoms with Gasteiger partial charge in [0, 0.05) is 26.6 Å². The van der Waals surface area contributed by atoms with Crippen molar-refractivity contribution in [1.29, 1.82) is 0 Å². The van der Waals surface area contributed by atoms with Gasteiger partial charge in [-0.1, -0.05) is 13.8 Å². The van der Waals surface area contributed by atoms with Gasteiger partial charge >= 0.3 is 0 Å². The highest BCUT2D eigenvalue weighted by Crippen LogP contribution is 2.24. The van der Waals surface area contributed by atoms with Crippen LogP contribution in [0, 0.1) is 5.41 Å². The van der Waals surface area contributed by atoms with Crippen LogP contribution >= 0.6 is 0 Å². The maximum Gasteiger partial charge on any atom is 0.219 e. The lowest BCUT2D eigenvalue weighted by Crippen LogP contribution is -2.46. The number of hydrogen-bond donors (Lipinski definition) is 1. The highest BCUT2D eigenvalue weighted by molar-refractivity contribution is 5.73. The van der Waals surface area contributed by atoms with Gasteiger partial charge in [0.05, 0.1) is 12.7 Å². The van der Waals surface area contributed by atoms with Gasteiger partial charge < -0.3 is 15.0 Å². The zero-order valence-corrected chi connectivity index (χ0v) is 10.9. The van der Waals surface area contributed by atoms with Crippen molar-refractivity contribution in [3.63, 3.8) is 0 Å². The first-order valence-electron chi connectivity index (χ1n) is 5.96. The highest BCUT2D eigenvalue weighted by atomic mass is 16.5. The molecule has 0 radical (unpaired) electrons. The van der Waals surface area contributed by atoms with Gasteiger partial charge in [0.2, 0.25) is 5.91 Å². The van der Waals surface area contributed by atoms with Crippen LogP contribution in [0.3, 0.4) is 0 Å². The van der Waals surface area contributed by atoms with Crippen molar-refractivity contribution < 1.29 is 9.53 Å². The average Bonchev–Trinajstić information content (AvgIpc) is 2.17. The Hall–Kier alpha value is -0.610. The second-order valence-corrected chi connectivity index (χ2v) is 5.36. The summed E-state index contributed by atoms with van der Waals surface area (Å²) in [6.07, 6.45) is 1.17. The summed E-state index contributed by atoms with van der Waals surface area (Å²) in [7, 11) is 1.96. The fourth-order valence-electron chi connectivity index (χ4n) is 2.30. The third kappa shape index (κ3) is 4.10. The van der Waals surface area contributed by atoms with Gasteiger partial charge in [-0.05, 0) is 18.9 Å². The summed E-state index contributed by atoms with van der Waals surface area (Å²) in [5, 5.41) is 3.20. The summed E-state index contributed by atoms with van der Waals surface area (Å²) in [4.78, 5) is 13.2. The summed E-state index contributed by atoms with van der Waals surface area (Å²) in [6, 6.07) is 0. The van der Waals surface area contributed by atoms with Gasteiger partial charge in [0.15, 0.2) is 0 Å². The van der Waals surface area contributed by atoms with Crippen LogP contribution in [-0.2, 0) is 9.53 Å². The van der Waals surface area contributed by atoms with E-state index < -0.39 is 0 Å². The van der Waals surface area contributed by atoms with E-state index in [1.165, 1.54) is 0 Å². The number of nitrogens with one attached hydrogen (secondary N) is 1. The largest absolute Gasteiger partial charge is 0.375 e. The van der Waals surface area contributed by atoms with E-state index in [1.807, 2.05) is 11.9 Å². The smallest absolute Gasteiger partial charge is 0.219 e. The summed E-state index contributed by atoms with van der Waals surface area (Å²) in [5.41, 5.74) is 0.208. The summed E-state index contributed by atoms with van der Waals surface area (Å²) < 4.78 is 5.72. The lowest BCUT2D eigenvalue weighted by Gasteiger charge is -2.36. The molecule has 1 aliphatic heterocycles. The van der Waals surface area contributed by atoms with Crippen molar-refractivity contribution in [3.05, 3.63) is 0 Å². The van der Waals surface area contributed by atoms with Crippen LogP contribution in [0.4, 0.5) is 0 Å². The van der Waals surface area contributed by atoms with E-state index in [0.29, 0.717) is 6.61 Å². The van der Waals surface area contributed by atoms with Crippen LogP contribution in [0.15, 0.2) is 0 Å². The Morgan fingerprint density at radius 2 is 2.25 bits per heavy atom. The SMILES string of the molecule is CNCC(C)(C)C[C@@H]1CN(C(C)=O)CCO1. The van der Waals surface area contributed by atoms with Gasteiger partial charge in [-0.3, -0.25) is 4.79 Å². The third-order valence-electron chi connectivity index (χ3n) is 3.02. The molecule has 0 bridgehead atoms. The zero-order valence-electron chi connectivity index (χ0n) is 10.9. The molecule has 4 nitrogen and oxygen atoms in total. The van der Waals surface area contributed by atoms with Crippen LogP contribution in [0.5, 0.6) is 0 Å². The van der Waals surface area contributed by atoms with E-state index in [1.54, 1.807) is 6.92 Å². The second-order valence-electron chi connectivity index (χ2n) is 5.36. The quantitative estimate of drug-likeness (QED) is 0.776. The van der Waals surface area contributed by atoms with Gasteiger partial charge in [-0.15, -0.1) is 0 Å². The van der Waals surface area contributed by atoms with E-state index in [2.05, 4.69) is 19.2 Å². The Balaban J connectivity index is 2.45. The fourth-order valence-corrected chi connectivity index (χ4v) is 2.30. The molecule has 0 aromatic carbocycles. The van der Waals surface area contributed by atoms with Gasteiger partial charge in [0.1, 0.15) is 0 Å². The maximum atomic E-state index is 11.3. The lowest BCUT2D eigenvalue weighted by atomic mass is 9.86. The number of carbonyl (C=O) groups excluding carboxylic acids is 1. The molecule has 4 heteroatoms. The van der Waals surface area contributed by atoms with Crippen molar-refractivity contribution in [2.75, 3.05) is 33.3 Å². The van der Waals surface area contributed by atoms with Crippen LogP contribution < -0.4 is 5.32 Å². The molecule has 0 aromatic rings. The number of carbonyl (C=O) groups is 1. The first-order chi connectivity index (χ1) is 7.44. The molecular formula is C12H24N2O2. The van der Waals surface area contributed by atoms with Crippen molar-refractivity contribution >= 4 is 5.91 Å². The molecule has 94 valence electrons. The van der Waals surface area contributed by atoms with Crippen LogP contribution in [-0.4, -0.2) is 50.2 Å². The first-order valence-corrected chi connectivity index (χ1v) is 5.96. The lowest BCUT2D eigenvalue weighted by molar-refractivity contribution is -0.137. The Morgan fingerprint density at radius 1 is 1.56 bits per heavy atom. The molecular weight excluding hydrogens is 204 g/mol. The normalized spacial score (nSPS) is 22.2. The standard InChI is InChI=1S/C12H24N2O2/c1-10(15)14-5-6-16-11(8-14)7-12(2,3)9-13-4/h11,13H,5-9H2,1-4H3/t11-/m1/s1. The molecule has 1 N–H and O–H groups in total. The third-order valence-corrected chi connectivity index (χ3v) is 3.02. The van der Waals surface area contributed by atoms with Crippen molar-refractivity contribution in [2.45, 2.75) is 33.3 Å². The molecule has 0 unspecified atom stereocenters. The minimum absolute atomic E-state index is 0.153. The van der Waals surface area contributed by atoms with E-state index in [9.17, 15) is 4.79 Å². The van der Waals surface area contributed by atoms with E-state index in [-0.39, 0.29) is 17.4 Å². The van der Waals surface area contributed by atoms with Crippen molar-refractivity contribution in [1.82, 2.24) is 10.2 Å². The molecule has 1 amide bonds. The van der Waals surface area contributed by atoms with Crippen LogP contribution in [0.1, 0.15) is 27.2 Å². The molecule has 16 heavy (non-hydrogen) atoms. The number of amides is 1. The first kappa shape index (κ1) is 13.5. The zero-order chi connectivity index (χ0) is 12.2. The fraction of sp³-hybridized carbons (Fsp3) is 0.917. The average molecular weight is 228 g/mol. The molecule has 0 aliphatic carbocycles. The highest BCUT2D eigenvalue weighted by Gasteiger charge is 2.28. The minimum atomic E-state index is 0.153. The van der Waals surface area contributed by atoms with Crippen LogP contribution in [0.25, 0.3) is 0 Å². The Kier molecular flexibility index (Phi) is 4.74. The van der Waals surface area contributed by atoms with E-state index >= 15 is 0 Å². The predicted molar refractivity (Wildman–Crippen MR) is 64.3 cm³/mol. The Labute approximate surface area is 98.3 Å². The van der Waals surface area contributed by atoms with Gasteiger partial charge in [0.25, 0.3) is 0 Å². The van der Waals surface area contributed by atoms with Crippen molar-refractivity contribution in [2.24, 2.45) is 5.41 Å². The molecule has 1 atom stereocenters. The summed E-state index contributed by atoms with van der Waals surface area (Å²) in [5.74, 6) is 0.153. The maximum absolute atomic E-state index is 11.3. The monoisotopic (exact) mass is 228 g/mol. The number of rotatable bonds is 4. The Morgan fingerprint density at radius 3 is 2.81 bits per heavy atom.